The smallest absolute Gasteiger partial charge is 0.408 e. The Balaban J connectivity index is 2.41. The molecule has 2 N–H and O–H groups in total. The third kappa shape index (κ3) is 4.30. The minimum absolute atomic E-state index is 0.102. The van der Waals surface area contributed by atoms with Crippen molar-refractivity contribution in [2.75, 3.05) is 5.73 Å². The number of hydrogen-bond acceptors (Lipinski definition) is 4. The van der Waals surface area contributed by atoms with Crippen LogP contribution in [0, 0.1) is 0 Å². The lowest BCUT2D eigenvalue weighted by molar-refractivity contribution is 0.00578. The molecule has 6 heteroatoms. The van der Waals surface area contributed by atoms with Crippen LogP contribution in [0.1, 0.15) is 67.9 Å². The Bertz CT molecular complexity index is 622. The van der Waals surface area contributed by atoms with Gasteiger partial charge in [0.15, 0.2) is 0 Å². The second-order valence-corrected chi connectivity index (χ2v) is 11.3. The van der Waals surface area contributed by atoms with Crippen molar-refractivity contribution in [3.63, 3.8) is 0 Å². The summed E-state index contributed by atoms with van der Waals surface area (Å²) in [6.45, 7) is 18.9. The van der Waals surface area contributed by atoms with E-state index >= 15 is 0 Å². The summed E-state index contributed by atoms with van der Waals surface area (Å²) in [6, 6.07) is 5.88. The summed E-state index contributed by atoms with van der Waals surface area (Å²) in [5, 5.41) is 0.102. The zero-order valence-electron chi connectivity index (χ0n) is 17.1. The first-order valence-corrected chi connectivity index (χ1v) is 9.77. The summed E-state index contributed by atoms with van der Waals surface area (Å²) < 4.78 is 18.8. The Labute approximate surface area is 155 Å². The Hall–Kier alpha value is -0.818. The van der Waals surface area contributed by atoms with Gasteiger partial charge in [0.2, 0.25) is 9.76 Å². The molecule has 2 rings (SSSR count). The second-order valence-electron chi connectivity index (χ2n) is 9.36. The van der Waals surface area contributed by atoms with Crippen molar-refractivity contribution in [3.8, 4) is 0 Å². The topological polar surface area (TPSA) is 53.7 Å². The molecule has 0 unspecified atom stereocenters. The van der Waals surface area contributed by atoms with Gasteiger partial charge in [0.05, 0.1) is 16.8 Å². The molecule has 0 bridgehead atoms. The average molecular weight is 361 g/mol. The molecule has 0 atom stereocenters. The molecular weight excluding hydrogens is 329 g/mol. The van der Waals surface area contributed by atoms with Crippen LogP contribution in [0.15, 0.2) is 18.2 Å². The van der Waals surface area contributed by atoms with E-state index in [2.05, 4.69) is 62.3 Å². The van der Waals surface area contributed by atoms with E-state index in [1.807, 2.05) is 18.2 Å². The Morgan fingerprint density at radius 3 is 2.00 bits per heavy atom. The first-order valence-electron chi connectivity index (χ1n) is 8.86. The van der Waals surface area contributed by atoms with E-state index in [9.17, 15) is 0 Å². The SMILES string of the molecule is CC(C)(C)[Si]OC(C)(C)c1c(N)cccc1B1OC(C)(C)C(C)(C)O1. The van der Waals surface area contributed by atoms with Gasteiger partial charge in [-0.2, -0.15) is 0 Å². The number of nitrogens with two attached hydrogens (primary N) is 1. The van der Waals surface area contributed by atoms with Gasteiger partial charge in [-0.3, -0.25) is 0 Å². The third-order valence-electron chi connectivity index (χ3n) is 4.85. The highest BCUT2D eigenvalue weighted by atomic mass is 28.2. The molecule has 0 aliphatic carbocycles. The minimum Gasteiger partial charge on any atom is -0.408 e. The highest BCUT2D eigenvalue weighted by molar-refractivity contribution is 6.63. The molecule has 1 fully saturated rings. The lowest BCUT2D eigenvalue weighted by Crippen LogP contribution is -2.42. The predicted molar refractivity (Wildman–Crippen MR) is 106 cm³/mol. The van der Waals surface area contributed by atoms with Gasteiger partial charge in [0.1, 0.15) is 0 Å². The molecule has 2 radical (unpaired) electrons. The predicted octanol–water partition coefficient (Wildman–Crippen LogP) is 3.66. The summed E-state index contributed by atoms with van der Waals surface area (Å²) in [5.74, 6) is 0. The highest BCUT2D eigenvalue weighted by Gasteiger charge is 2.53. The molecule has 1 aliphatic heterocycles. The fourth-order valence-corrected chi connectivity index (χ4v) is 3.45. The summed E-state index contributed by atoms with van der Waals surface area (Å²) in [6.07, 6.45) is 0. The molecule has 0 amide bonds. The van der Waals surface area contributed by atoms with E-state index in [0.717, 1.165) is 11.0 Å². The first-order chi connectivity index (χ1) is 11.2. The van der Waals surface area contributed by atoms with Crippen LogP contribution in [0.3, 0.4) is 0 Å². The van der Waals surface area contributed by atoms with Crippen molar-refractivity contribution in [2.24, 2.45) is 0 Å². The van der Waals surface area contributed by atoms with Gasteiger partial charge >= 0.3 is 7.12 Å². The summed E-state index contributed by atoms with van der Waals surface area (Å²) in [7, 11) is -0.0921. The normalized spacial score (nSPS) is 20.1. The van der Waals surface area contributed by atoms with Gasteiger partial charge < -0.3 is 19.5 Å². The van der Waals surface area contributed by atoms with Crippen LogP contribution in [0.2, 0.25) is 5.04 Å². The van der Waals surface area contributed by atoms with Gasteiger partial charge in [-0.25, -0.2) is 0 Å². The van der Waals surface area contributed by atoms with Gasteiger partial charge in [-0.1, -0.05) is 32.9 Å². The molecule has 0 aromatic heterocycles. The van der Waals surface area contributed by atoms with Crippen molar-refractivity contribution in [1.29, 1.82) is 0 Å². The third-order valence-corrected chi connectivity index (χ3v) is 6.08. The molecule has 25 heavy (non-hydrogen) atoms. The Morgan fingerprint density at radius 2 is 1.52 bits per heavy atom. The monoisotopic (exact) mass is 361 g/mol. The van der Waals surface area contributed by atoms with Gasteiger partial charge in [-0.05, 0) is 58.1 Å². The van der Waals surface area contributed by atoms with E-state index in [4.69, 9.17) is 19.5 Å². The molecule has 1 aromatic carbocycles. The van der Waals surface area contributed by atoms with Crippen LogP contribution in [0.4, 0.5) is 5.69 Å². The molecule has 1 aliphatic rings. The minimum atomic E-state index is -0.532. The van der Waals surface area contributed by atoms with Crippen molar-refractivity contribution >= 4 is 28.0 Å². The second kappa shape index (κ2) is 6.41. The quantitative estimate of drug-likeness (QED) is 0.657. The van der Waals surface area contributed by atoms with Crippen LogP contribution in [0.25, 0.3) is 0 Å². The zero-order chi connectivity index (χ0) is 19.3. The van der Waals surface area contributed by atoms with E-state index in [-0.39, 0.29) is 5.04 Å². The average Bonchev–Trinajstić information content (AvgIpc) is 2.64. The number of benzene rings is 1. The molecule has 1 saturated heterocycles. The number of hydrogen-bond donors (Lipinski definition) is 1. The molecule has 138 valence electrons. The summed E-state index contributed by atoms with van der Waals surface area (Å²) >= 11 is 0. The standard InChI is InChI=1S/C19H32BNO3Si/c1-16(2,3)25-24-17(4,5)15-13(11-10-12-14(15)21)20-22-18(6,7)19(8,9)23-20/h10-12H,21H2,1-9H3. The van der Waals surface area contributed by atoms with Crippen LogP contribution in [-0.4, -0.2) is 28.1 Å². The van der Waals surface area contributed by atoms with Crippen molar-refractivity contribution in [1.82, 2.24) is 0 Å². The van der Waals surface area contributed by atoms with Crippen molar-refractivity contribution in [2.45, 2.75) is 84.2 Å². The molecule has 0 saturated carbocycles. The number of rotatable bonds is 4. The zero-order valence-corrected chi connectivity index (χ0v) is 18.1. The molecule has 0 spiro atoms. The van der Waals surface area contributed by atoms with Crippen LogP contribution in [0.5, 0.6) is 0 Å². The fourth-order valence-electron chi connectivity index (χ4n) is 2.78. The summed E-state index contributed by atoms with van der Waals surface area (Å²) in [5.41, 5.74) is 7.65. The molecule has 1 heterocycles. The lowest BCUT2D eigenvalue weighted by atomic mass is 9.72. The van der Waals surface area contributed by atoms with Crippen LogP contribution >= 0.6 is 0 Å². The maximum Gasteiger partial charge on any atom is 0.495 e. The fraction of sp³-hybridized carbons (Fsp3) is 0.684. The largest absolute Gasteiger partial charge is 0.495 e. The lowest BCUT2D eigenvalue weighted by Gasteiger charge is -2.32. The number of nitrogen functional groups attached to an aromatic ring is 1. The summed E-state index contributed by atoms with van der Waals surface area (Å²) in [4.78, 5) is 0. The van der Waals surface area contributed by atoms with E-state index in [0.29, 0.717) is 15.5 Å². The Kier molecular flexibility index (Phi) is 5.25. The maximum atomic E-state index is 6.36. The van der Waals surface area contributed by atoms with Crippen molar-refractivity contribution < 1.29 is 13.7 Å². The highest BCUT2D eigenvalue weighted by Crippen LogP contribution is 2.38. The van der Waals surface area contributed by atoms with E-state index in [1.165, 1.54) is 0 Å². The van der Waals surface area contributed by atoms with Gasteiger partial charge in [-0.15, -0.1) is 0 Å². The molecular formula is C19H32BNO3Si. The molecule has 1 aromatic rings. The first kappa shape index (κ1) is 20.5. The van der Waals surface area contributed by atoms with Crippen LogP contribution < -0.4 is 11.2 Å². The van der Waals surface area contributed by atoms with Crippen molar-refractivity contribution in [3.05, 3.63) is 23.8 Å². The maximum absolute atomic E-state index is 6.36. The Morgan fingerprint density at radius 1 is 1.00 bits per heavy atom. The van der Waals surface area contributed by atoms with Gasteiger partial charge in [0.25, 0.3) is 0 Å². The van der Waals surface area contributed by atoms with E-state index < -0.39 is 23.9 Å². The van der Waals surface area contributed by atoms with E-state index in [1.54, 1.807) is 0 Å². The van der Waals surface area contributed by atoms with Gasteiger partial charge in [0, 0.05) is 11.3 Å². The molecule has 4 nitrogen and oxygen atoms in total. The number of anilines is 1. The van der Waals surface area contributed by atoms with Crippen LogP contribution in [-0.2, 0) is 19.3 Å².